The Morgan fingerprint density at radius 3 is 2.60 bits per heavy atom. The van der Waals surface area contributed by atoms with Gasteiger partial charge in [-0.3, -0.25) is 33.2 Å². The molecule has 0 aromatic carbocycles. The van der Waals surface area contributed by atoms with Crippen LogP contribution < -0.4 is 26.8 Å². The van der Waals surface area contributed by atoms with Crippen molar-refractivity contribution < 1.29 is 24.0 Å². The minimum atomic E-state index is -1.27. The molecule has 5 unspecified atom stereocenters. The van der Waals surface area contributed by atoms with E-state index < -0.39 is 40.6 Å². The van der Waals surface area contributed by atoms with E-state index in [1.165, 1.54) is 34.6 Å². The lowest BCUT2D eigenvalue weighted by Gasteiger charge is -2.32. The number of fused-ring (bicyclic) bond motifs is 1. The maximum Gasteiger partial charge on any atom is 0.287 e. The van der Waals surface area contributed by atoms with Gasteiger partial charge in [-0.15, -0.1) is 11.3 Å². The monoisotopic (exact) mass is 663 g/mol. The lowest BCUT2D eigenvalue weighted by molar-refractivity contribution is -0.139. The van der Waals surface area contributed by atoms with E-state index in [1.807, 2.05) is 0 Å². The maximum absolute atomic E-state index is 13.6. The van der Waals surface area contributed by atoms with E-state index in [0.29, 0.717) is 28.4 Å². The summed E-state index contributed by atoms with van der Waals surface area (Å²) in [6.45, 7) is 6.83. The number of hydrogen-bond donors (Lipinski definition) is 4. The summed E-state index contributed by atoms with van der Waals surface area (Å²) in [7, 11) is 0. The van der Waals surface area contributed by atoms with Crippen LogP contribution in [-0.2, 0) is 25.7 Å². The van der Waals surface area contributed by atoms with Gasteiger partial charge in [-0.05, 0) is 95.6 Å². The number of pyridine rings is 1. The van der Waals surface area contributed by atoms with Crippen molar-refractivity contribution in [1.29, 1.82) is 0 Å². The third-order valence-electron chi connectivity index (χ3n) is 9.56. The zero-order valence-corrected chi connectivity index (χ0v) is 27.8. The highest BCUT2D eigenvalue weighted by atomic mass is 32.1. The molecule has 250 valence electrons. The standard InChI is InChI=1S/C33H41N7O6S/c1-17-14-40-24(16-47-32(40)34-17)29(44)35-22(7-8-25(41)30(45)38-33(2,3)4)28(43)36-23-6-5-9-39(31(23)46)15-26(42)37-27-20-11-18-10-19(13-20)21(27)12-18/h5-6,9,14,16,18-22,27H,7-8,10-13,15H2,1-4H3,(H,35,44)(H,36,43)(H,37,42)(H,38,45)/t18?,19?,20?,21?,22-,27?/m0/s1. The van der Waals surface area contributed by atoms with Crippen molar-refractivity contribution in [3.8, 4) is 0 Å². The molecule has 3 aromatic heterocycles. The van der Waals surface area contributed by atoms with Crippen molar-refractivity contribution in [3.05, 3.63) is 51.6 Å². The van der Waals surface area contributed by atoms with Gasteiger partial charge in [-0.25, -0.2) is 4.98 Å². The molecule has 3 aromatic rings. The molecular weight excluding hydrogens is 622 g/mol. The van der Waals surface area contributed by atoms with E-state index in [9.17, 15) is 28.8 Å². The number of hydrogen-bond acceptors (Lipinski definition) is 8. The summed E-state index contributed by atoms with van der Waals surface area (Å²) in [4.78, 5) is 83.3. The molecule has 13 nitrogen and oxygen atoms in total. The molecule has 0 saturated heterocycles. The Morgan fingerprint density at radius 2 is 1.85 bits per heavy atom. The van der Waals surface area contributed by atoms with Crippen LogP contribution in [0.2, 0.25) is 0 Å². The van der Waals surface area contributed by atoms with E-state index in [-0.39, 0.29) is 42.7 Å². The number of amides is 4. The van der Waals surface area contributed by atoms with Gasteiger partial charge in [0.1, 0.15) is 24.0 Å². The van der Waals surface area contributed by atoms with Crippen molar-refractivity contribution in [2.75, 3.05) is 5.32 Å². The van der Waals surface area contributed by atoms with Crippen molar-refractivity contribution in [3.63, 3.8) is 0 Å². The zero-order chi connectivity index (χ0) is 33.6. The van der Waals surface area contributed by atoms with Crippen LogP contribution in [0.25, 0.3) is 4.96 Å². The third-order valence-corrected chi connectivity index (χ3v) is 10.4. The topological polar surface area (TPSA) is 173 Å². The average Bonchev–Trinajstić information content (AvgIpc) is 3.69. The van der Waals surface area contributed by atoms with Gasteiger partial charge in [0.2, 0.25) is 17.6 Å². The smallest absolute Gasteiger partial charge is 0.287 e. The Morgan fingerprint density at radius 1 is 1.09 bits per heavy atom. The first kappa shape index (κ1) is 32.6. The van der Waals surface area contributed by atoms with Gasteiger partial charge in [0.15, 0.2) is 4.96 Å². The molecule has 6 atom stereocenters. The van der Waals surface area contributed by atoms with Crippen molar-refractivity contribution in [1.82, 2.24) is 29.9 Å². The number of aryl methyl sites for hydroxylation is 1. The summed E-state index contributed by atoms with van der Waals surface area (Å²) in [6.07, 6.45) is 7.41. The van der Waals surface area contributed by atoms with Gasteiger partial charge in [-0.1, -0.05) is 0 Å². The largest absolute Gasteiger partial charge is 0.351 e. The molecular formula is C33H41N7O6S. The quantitative estimate of drug-likeness (QED) is 0.228. The summed E-state index contributed by atoms with van der Waals surface area (Å²) < 4.78 is 2.85. The third kappa shape index (κ3) is 7.02. The predicted molar refractivity (Wildman–Crippen MR) is 175 cm³/mol. The molecule has 4 bridgehead atoms. The van der Waals surface area contributed by atoms with E-state index in [1.54, 1.807) is 49.7 Å². The number of rotatable bonds is 11. The van der Waals surface area contributed by atoms with E-state index in [2.05, 4.69) is 26.3 Å². The van der Waals surface area contributed by atoms with Crippen LogP contribution in [0.5, 0.6) is 0 Å². The van der Waals surface area contributed by atoms with Crippen LogP contribution in [0, 0.1) is 30.6 Å². The van der Waals surface area contributed by atoms with Gasteiger partial charge in [-0.2, -0.15) is 0 Å². The van der Waals surface area contributed by atoms with Crippen LogP contribution in [0.15, 0.2) is 34.7 Å². The molecule has 3 heterocycles. The Balaban J connectivity index is 1.14. The van der Waals surface area contributed by atoms with Crippen LogP contribution >= 0.6 is 11.3 Å². The van der Waals surface area contributed by atoms with Gasteiger partial charge >= 0.3 is 0 Å². The lowest BCUT2D eigenvalue weighted by atomic mass is 9.79. The second kappa shape index (κ2) is 12.7. The Hall–Kier alpha value is -4.33. The molecule has 0 radical (unpaired) electrons. The molecule has 4 saturated carbocycles. The number of ketones is 1. The van der Waals surface area contributed by atoms with Crippen molar-refractivity contribution >= 4 is 51.4 Å². The Kier molecular flexibility index (Phi) is 8.81. The fraction of sp³-hybridized carbons (Fsp3) is 0.545. The fourth-order valence-electron chi connectivity index (χ4n) is 7.68. The molecule has 0 aliphatic heterocycles. The van der Waals surface area contributed by atoms with Gasteiger partial charge in [0.05, 0.1) is 5.69 Å². The number of thiazole rings is 1. The van der Waals surface area contributed by atoms with Crippen molar-refractivity contribution in [2.45, 2.75) is 90.4 Å². The first-order chi connectivity index (χ1) is 22.3. The number of nitrogens with zero attached hydrogens (tertiary/aromatic N) is 3. The molecule has 4 fully saturated rings. The zero-order valence-electron chi connectivity index (χ0n) is 27.0. The number of imidazole rings is 1. The second-order valence-electron chi connectivity index (χ2n) is 14.3. The van der Waals surface area contributed by atoms with Crippen LogP contribution in [0.4, 0.5) is 5.69 Å². The predicted octanol–water partition coefficient (Wildman–Crippen LogP) is 2.42. The molecule has 7 rings (SSSR count). The fourth-order valence-corrected chi connectivity index (χ4v) is 8.58. The van der Waals surface area contributed by atoms with Crippen LogP contribution in [0.1, 0.15) is 75.5 Å². The number of anilines is 1. The van der Waals surface area contributed by atoms with Crippen LogP contribution in [0.3, 0.4) is 0 Å². The summed E-state index contributed by atoms with van der Waals surface area (Å²) in [5.41, 5.74) is -0.331. The maximum atomic E-state index is 13.6. The number of carbonyl (C=O) groups is 5. The molecule has 0 spiro atoms. The normalized spacial score (nSPS) is 23.4. The van der Waals surface area contributed by atoms with Gasteiger partial charge in [0.25, 0.3) is 17.4 Å². The van der Waals surface area contributed by atoms with Gasteiger partial charge in [0, 0.05) is 35.8 Å². The van der Waals surface area contributed by atoms with E-state index in [0.717, 1.165) is 25.2 Å². The van der Waals surface area contributed by atoms with E-state index in [4.69, 9.17) is 0 Å². The SMILES string of the molecule is Cc1cn2c(C(=O)N[C@@H](CCC(=O)C(=O)NC(C)(C)C)C(=O)Nc3cccn(CC(=O)NC4C5CC6CC(C5)C4C6)c3=O)csc2n1. The Bertz CT molecular complexity index is 1800. The van der Waals surface area contributed by atoms with E-state index >= 15 is 0 Å². The first-order valence-electron chi connectivity index (χ1n) is 16.1. The summed E-state index contributed by atoms with van der Waals surface area (Å²) in [5, 5.41) is 12.6. The number of aromatic nitrogens is 3. The second-order valence-corrected chi connectivity index (χ2v) is 15.1. The van der Waals surface area contributed by atoms with Crippen LogP contribution in [-0.4, -0.2) is 61.0 Å². The number of Topliss-reactive ketones (excluding diaryl/α,β-unsaturated/α-hetero) is 1. The summed E-state index contributed by atoms with van der Waals surface area (Å²) >= 11 is 1.26. The molecule has 4 amide bonds. The highest BCUT2D eigenvalue weighted by Crippen LogP contribution is 2.58. The molecule has 14 heteroatoms. The lowest BCUT2D eigenvalue weighted by Crippen LogP contribution is -2.47. The van der Waals surface area contributed by atoms with Crippen molar-refractivity contribution in [2.24, 2.45) is 23.7 Å². The average molecular weight is 664 g/mol. The summed E-state index contributed by atoms with van der Waals surface area (Å²) in [6, 6.07) is 1.86. The minimum Gasteiger partial charge on any atom is -0.351 e. The minimum absolute atomic E-state index is 0.0805. The molecule has 47 heavy (non-hydrogen) atoms. The molecule has 4 aliphatic carbocycles. The number of nitrogens with one attached hydrogen (secondary N) is 4. The molecule has 4 N–H and O–H groups in total. The highest BCUT2D eigenvalue weighted by molar-refractivity contribution is 7.15. The highest BCUT2D eigenvalue weighted by Gasteiger charge is 2.54. The number of carbonyl (C=O) groups excluding carboxylic acids is 5. The summed E-state index contributed by atoms with van der Waals surface area (Å²) in [5.74, 6) is -0.608. The van der Waals surface area contributed by atoms with Gasteiger partial charge < -0.3 is 25.8 Å². The first-order valence-corrected chi connectivity index (χ1v) is 17.0. The molecule has 4 aliphatic rings. The Labute approximate surface area is 275 Å².